The zero-order chi connectivity index (χ0) is 30.4. The highest BCUT2D eigenvalue weighted by Gasteiger charge is 2.48. The van der Waals surface area contributed by atoms with Crippen molar-refractivity contribution in [3.8, 4) is 0 Å². The molecule has 0 amide bonds. The molecule has 0 aliphatic carbocycles. The van der Waals surface area contributed by atoms with Crippen molar-refractivity contribution in [3.63, 3.8) is 0 Å². The Morgan fingerprint density at radius 2 is 1.26 bits per heavy atom. The van der Waals surface area contributed by atoms with Crippen molar-refractivity contribution in [2.45, 2.75) is 63.0 Å². The van der Waals surface area contributed by atoms with Gasteiger partial charge in [0, 0.05) is 0 Å². The van der Waals surface area contributed by atoms with Gasteiger partial charge in [0.1, 0.15) is 18.3 Å². The summed E-state index contributed by atoms with van der Waals surface area (Å²) in [5.74, 6) is -1.41. The molecule has 4 rings (SSSR count). The highest BCUT2D eigenvalue weighted by molar-refractivity contribution is 5.81. The molecule has 0 saturated carbocycles. The summed E-state index contributed by atoms with van der Waals surface area (Å²) in [4.78, 5) is 24.6. The summed E-state index contributed by atoms with van der Waals surface area (Å²) in [6.45, 7) is 0.982. The minimum Gasteiger partial charge on any atom is -0.469 e. The summed E-state index contributed by atoms with van der Waals surface area (Å²) in [5, 5.41) is 0. The van der Waals surface area contributed by atoms with E-state index >= 15 is 0 Å². The van der Waals surface area contributed by atoms with Gasteiger partial charge in [0.2, 0.25) is 0 Å². The summed E-state index contributed by atoms with van der Waals surface area (Å²) >= 11 is 0. The molecule has 43 heavy (non-hydrogen) atoms. The van der Waals surface area contributed by atoms with Crippen molar-refractivity contribution < 1.29 is 42.7 Å². The predicted molar refractivity (Wildman–Crippen MR) is 156 cm³/mol. The van der Waals surface area contributed by atoms with Crippen LogP contribution in [0.2, 0.25) is 0 Å². The molecule has 2 N–H and O–H groups in total. The van der Waals surface area contributed by atoms with Gasteiger partial charge in [0.15, 0.2) is 12.4 Å². The van der Waals surface area contributed by atoms with E-state index in [2.05, 4.69) is 0 Å². The van der Waals surface area contributed by atoms with Gasteiger partial charge in [-0.1, -0.05) is 91.0 Å². The molecule has 3 aromatic rings. The monoisotopic (exact) mass is 593 g/mol. The van der Waals surface area contributed by atoms with Gasteiger partial charge < -0.3 is 38.9 Å². The quantitative estimate of drug-likeness (QED) is 0.262. The molecular weight excluding hydrogens is 554 g/mol. The van der Waals surface area contributed by atoms with Crippen molar-refractivity contribution in [1.82, 2.24) is 0 Å². The Kier molecular flexibility index (Phi) is 12.7. The number of benzene rings is 3. The van der Waals surface area contributed by atoms with Crippen LogP contribution in [0.1, 0.15) is 23.1 Å². The molecule has 1 saturated heterocycles. The Morgan fingerprint density at radius 1 is 0.744 bits per heavy atom. The lowest BCUT2D eigenvalue weighted by Gasteiger charge is -2.45. The van der Waals surface area contributed by atoms with Crippen LogP contribution in [-0.4, -0.2) is 69.5 Å². The number of carbonyl (C=O) groups is 2. The van der Waals surface area contributed by atoms with E-state index in [0.29, 0.717) is 6.61 Å². The summed E-state index contributed by atoms with van der Waals surface area (Å²) in [7, 11) is 2.43. The molecule has 3 aromatic carbocycles. The van der Waals surface area contributed by atoms with Crippen molar-refractivity contribution in [3.05, 3.63) is 108 Å². The molecule has 1 unspecified atom stereocenters. The van der Waals surface area contributed by atoms with Gasteiger partial charge in [-0.3, -0.25) is 4.79 Å². The number of methoxy groups -OCH3 is 2. The Morgan fingerprint density at radius 3 is 1.77 bits per heavy atom. The van der Waals surface area contributed by atoms with Crippen LogP contribution >= 0.6 is 0 Å². The third-order valence-electron chi connectivity index (χ3n) is 7.00. The van der Waals surface area contributed by atoms with Crippen LogP contribution in [0.5, 0.6) is 0 Å². The first kappa shape index (κ1) is 32.3. The Hall–Kier alpha value is -3.64. The molecule has 1 aliphatic heterocycles. The van der Waals surface area contributed by atoms with Crippen LogP contribution in [0, 0.1) is 0 Å². The molecule has 1 heterocycles. The first-order chi connectivity index (χ1) is 21.0. The Labute approximate surface area is 251 Å². The Balaban J connectivity index is 1.59. The molecule has 230 valence electrons. The topological polar surface area (TPSA) is 125 Å². The van der Waals surface area contributed by atoms with Gasteiger partial charge in [-0.2, -0.15) is 0 Å². The lowest BCUT2D eigenvalue weighted by molar-refractivity contribution is -0.295. The standard InChI is InChI=1S/C33H39NO9/c1-37-28(35)18-26(32(36)38-2)42-33-29(34)31(41-21-25-16-10-5-11-17-25)30(40-20-24-14-8-4-9-15-24)27(43-33)22-39-19-23-12-6-3-7-13-23/h3-17,26-27,29-31,33H,18-22,34H2,1-2H3/t26-,27+,29+,30-,31+,33?/m0/s1. The van der Waals surface area contributed by atoms with Crippen molar-refractivity contribution >= 4 is 11.9 Å². The van der Waals surface area contributed by atoms with Gasteiger partial charge in [-0.05, 0) is 16.7 Å². The van der Waals surface area contributed by atoms with Crippen LogP contribution in [0.3, 0.4) is 0 Å². The average Bonchev–Trinajstić information content (AvgIpc) is 3.05. The minimum atomic E-state index is -1.31. The van der Waals surface area contributed by atoms with Crippen molar-refractivity contribution in [1.29, 1.82) is 0 Å². The van der Waals surface area contributed by atoms with E-state index in [1.165, 1.54) is 14.2 Å². The van der Waals surface area contributed by atoms with Gasteiger partial charge >= 0.3 is 11.9 Å². The Bertz CT molecular complexity index is 1250. The van der Waals surface area contributed by atoms with E-state index in [1.807, 2.05) is 91.0 Å². The average molecular weight is 594 g/mol. The maximum absolute atomic E-state index is 12.5. The summed E-state index contributed by atoms with van der Waals surface area (Å²) in [6.07, 6.45) is -4.94. The number of hydrogen-bond acceptors (Lipinski definition) is 10. The first-order valence-corrected chi connectivity index (χ1v) is 14.1. The summed E-state index contributed by atoms with van der Waals surface area (Å²) < 4.78 is 40.8. The molecule has 0 radical (unpaired) electrons. The van der Waals surface area contributed by atoms with E-state index in [-0.39, 0.29) is 26.2 Å². The summed E-state index contributed by atoms with van der Waals surface area (Å²) in [5.41, 5.74) is 9.61. The lowest BCUT2D eigenvalue weighted by Crippen LogP contribution is -2.64. The second-order valence-electron chi connectivity index (χ2n) is 10.1. The minimum absolute atomic E-state index is 0.117. The molecule has 0 spiro atoms. The normalized spacial score (nSPS) is 22.4. The molecule has 6 atom stereocenters. The number of rotatable bonds is 15. The number of ether oxygens (including phenoxy) is 7. The molecule has 1 aliphatic rings. The first-order valence-electron chi connectivity index (χ1n) is 14.1. The molecule has 10 heteroatoms. The molecule has 0 aromatic heterocycles. The van der Waals surface area contributed by atoms with E-state index < -0.39 is 48.7 Å². The van der Waals surface area contributed by atoms with E-state index in [0.717, 1.165) is 16.7 Å². The van der Waals surface area contributed by atoms with Crippen LogP contribution < -0.4 is 5.73 Å². The second kappa shape index (κ2) is 16.9. The van der Waals surface area contributed by atoms with Crippen molar-refractivity contribution in [2.24, 2.45) is 5.73 Å². The molecule has 1 fully saturated rings. The molecule has 10 nitrogen and oxygen atoms in total. The number of esters is 2. The van der Waals surface area contributed by atoms with Crippen LogP contribution in [0.25, 0.3) is 0 Å². The zero-order valence-electron chi connectivity index (χ0n) is 24.4. The van der Waals surface area contributed by atoms with Gasteiger partial charge in [0.05, 0.1) is 53.1 Å². The maximum atomic E-state index is 12.5. The van der Waals surface area contributed by atoms with E-state index in [1.54, 1.807) is 0 Å². The van der Waals surface area contributed by atoms with Gasteiger partial charge in [-0.25, -0.2) is 4.79 Å². The highest BCUT2D eigenvalue weighted by atomic mass is 16.7. The SMILES string of the molecule is COC(=O)C[C@H](OC1O[C@H](COCc2ccccc2)[C@H](OCc2ccccc2)[C@H](OCc2ccccc2)[C@H]1N)C(=O)OC. The number of nitrogens with two attached hydrogens (primary N) is 1. The number of carbonyl (C=O) groups excluding carboxylic acids is 2. The number of hydrogen-bond donors (Lipinski definition) is 1. The van der Waals surface area contributed by atoms with Crippen LogP contribution in [0.4, 0.5) is 0 Å². The molecule has 0 bridgehead atoms. The fourth-order valence-corrected chi connectivity index (χ4v) is 4.71. The zero-order valence-corrected chi connectivity index (χ0v) is 24.4. The smallest absolute Gasteiger partial charge is 0.335 e. The fourth-order valence-electron chi connectivity index (χ4n) is 4.71. The lowest BCUT2D eigenvalue weighted by atomic mass is 9.96. The van der Waals surface area contributed by atoms with Crippen LogP contribution in [-0.2, 0) is 62.6 Å². The van der Waals surface area contributed by atoms with Gasteiger partial charge in [-0.15, -0.1) is 0 Å². The van der Waals surface area contributed by atoms with Gasteiger partial charge in [0.25, 0.3) is 0 Å². The van der Waals surface area contributed by atoms with E-state index in [9.17, 15) is 9.59 Å². The highest BCUT2D eigenvalue weighted by Crippen LogP contribution is 2.29. The largest absolute Gasteiger partial charge is 0.469 e. The van der Waals surface area contributed by atoms with Crippen molar-refractivity contribution in [2.75, 3.05) is 20.8 Å². The maximum Gasteiger partial charge on any atom is 0.335 e. The van der Waals surface area contributed by atoms with E-state index in [4.69, 9.17) is 38.9 Å². The molecular formula is C33H39NO9. The van der Waals surface area contributed by atoms with Crippen LogP contribution in [0.15, 0.2) is 91.0 Å². The second-order valence-corrected chi connectivity index (χ2v) is 10.1. The summed E-state index contributed by atoms with van der Waals surface area (Å²) in [6, 6.07) is 28.2. The third kappa shape index (κ3) is 9.69. The fraction of sp³-hybridized carbons (Fsp3) is 0.394. The third-order valence-corrected chi connectivity index (χ3v) is 7.00. The predicted octanol–water partition coefficient (Wildman–Crippen LogP) is 3.55.